The summed E-state index contributed by atoms with van der Waals surface area (Å²) in [6.45, 7) is 13.7. The first-order chi connectivity index (χ1) is 18.1. The van der Waals surface area contributed by atoms with Crippen molar-refractivity contribution in [3.63, 3.8) is 0 Å². The largest absolute Gasteiger partial charge is 0.467 e. The number of hydrogen-bond donors (Lipinski definition) is 1. The fourth-order valence-electron chi connectivity index (χ4n) is 5.44. The Morgan fingerprint density at radius 3 is 2.63 bits per heavy atom. The van der Waals surface area contributed by atoms with Crippen molar-refractivity contribution in [2.75, 3.05) is 0 Å². The molecule has 0 radical (unpaired) electrons. The van der Waals surface area contributed by atoms with Gasteiger partial charge in [-0.05, 0) is 87.3 Å². The highest BCUT2D eigenvalue weighted by Crippen LogP contribution is 2.45. The Kier molecular flexibility index (Phi) is 7.19. The number of nitrogens with zero attached hydrogens (tertiary/aromatic N) is 2. The van der Waals surface area contributed by atoms with Crippen LogP contribution in [0.5, 0.6) is 0 Å². The number of fused-ring (bicyclic) bond motifs is 1. The lowest BCUT2D eigenvalue weighted by molar-refractivity contribution is 0.0947. The van der Waals surface area contributed by atoms with Gasteiger partial charge in [-0.2, -0.15) is 0 Å². The third-order valence-electron chi connectivity index (χ3n) is 7.79. The third kappa shape index (κ3) is 5.28. The highest BCUT2D eigenvalue weighted by molar-refractivity contribution is 7.16. The van der Waals surface area contributed by atoms with E-state index in [1.165, 1.54) is 16.0 Å². The maximum Gasteiger partial charge on any atom is 0.255 e. The van der Waals surface area contributed by atoms with Crippen LogP contribution in [0.15, 0.2) is 58.1 Å². The number of amides is 1. The molecular weight excluding hydrogens is 490 g/mol. The van der Waals surface area contributed by atoms with Gasteiger partial charge in [0.1, 0.15) is 10.8 Å². The molecule has 0 bridgehead atoms. The zero-order valence-corrected chi connectivity index (χ0v) is 24.0. The van der Waals surface area contributed by atoms with E-state index < -0.39 is 0 Å². The van der Waals surface area contributed by atoms with Gasteiger partial charge in [0.25, 0.3) is 5.91 Å². The lowest BCUT2D eigenvalue weighted by atomic mass is 9.72. The smallest absolute Gasteiger partial charge is 0.255 e. The number of aliphatic imine (C=N–C) groups is 1. The van der Waals surface area contributed by atoms with Gasteiger partial charge < -0.3 is 14.3 Å². The van der Waals surface area contributed by atoms with Gasteiger partial charge in [-0.15, -0.1) is 11.3 Å². The molecule has 6 heteroatoms. The first-order valence-electron chi connectivity index (χ1n) is 13.4. The topological polar surface area (TPSA) is 59.5 Å². The molecule has 1 aromatic carbocycles. The third-order valence-corrected chi connectivity index (χ3v) is 8.95. The lowest BCUT2D eigenvalue weighted by Gasteiger charge is -2.33. The number of nitrogens with one attached hydrogen (secondary N) is 1. The molecular formula is C32H37N3O2S. The van der Waals surface area contributed by atoms with Crippen LogP contribution in [0.1, 0.15) is 76.3 Å². The van der Waals surface area contributed by atoms with Crippen molar-refractivity contribution in [1.29, 1.82) is 0 Å². The van der Waals surface area contributed by atoms with Crippen LogP contribution < -0.4 is 5.32 Å². The first kappa shape index (κ1) is 26.2. The second-order valence-electron chi connectivity index (χ2n) is 11.5. The summed E-state index contributed by atoms with van der Waals surface area (Å²) in [6.07, 6.45) is 6.55. The minimum absolute atomic E-state index is 0.0783. The van der Waals surface area contributed by atoms with Crippen LogP contribution in [0.2, 0.25) is 0 Å². The average molecular weight is 528 g/mol. The van der Waals surface area contributed by atoms with Gasteiger partial charge >= 0.3 is 0 Å². The quantitative estimate of drug-likeness (QED) is 0.259. The number of aromatic nitrogens is 1. The first-order valence-corrected chi connectivity index (χ1v) is 14.2. The Balaban J connectivity index is 1.48. The molecule has 3 aromatic heterocycles. The molecule has 1 N–H and O–H groups in total. The van der Waals surface area contributed by atoms with Crippen molar-refractivity contribution >= 4 is 28.5 Å². The Morgan fingerprint density at radius 2 is 1.95 bits per heavy atom. The van der Waals surface area contributed by atoms with E-state index in [0.717, 1.165) is 58.2 Å². The molecule has 3 heterocycles. The fraction of sp³-hybridized carbons (Fsp3) is 0.375. The Hall–Kier alpha value is -3.38. The van der Waals surface area contributed by atoms with Crippen molar-refractivity contribution in [1.82, 2.24) is 9.88 Å². The van der Waals surface area contributed by atoms with Crippen molar-refractivity contribution in [3.8, 4) is 5.69 Å². The van der Waals surface area contributed by atoms with Gasteiger partial charge in [-0.3, -0.25) is 4.79 Å². The molecule has 38 heavy (non-hydrogen) atoms. The summed E-state index contributed by atoms with van der Waals surface area (Å²) >= 11 is 1.68. The molecule has 1 amide bonds. The van der Waals surface area contributed by atoms with Gasteiger partial charge in [0.2, 0.25) is 0 Å². The maximum absolute atomic E-state index is 13.5. The van der Waals surface area contributed by atoms with Crippen LogP contribution in [0.3, 0.4) is 0 Å². The van der Waals surface area contributed by atoms with Gasteiger partial charge in [0, 0.05) is 33.7 Å². The Bertz CT molecular complexity index is 1460. The van der Waals surface area contributed by atoms with Crippen LogP contribution in [0.25, 0.3) is 5.69 Å². The van der Waals surface area contributed by atoms with E-state index in [-0.39, 0.29) is 11.3 Å². The minimum Gasteiger partial charge on any atom is -0.467 e. The molecule has 0 spiro atoms. The van der Waals surface area contributed by atoms with Crippen molar-refractivity contribution < 1.29 is 9.21 Å². The van der Waals surface area contributed by atoms with E-state index in [1.54, 1.807) is 17.6 Å². The predicted octanol–water partition coefficient (Wildman–Crippen LogP) is 7.89. The molecule has 0 aliphatic heterocycles. The molecule has 0 saturated heterocycles. The molecule has 0 fully saturated rings. The van der Waals surface area contributed by atoms with Gasteiger partial charge in [0.05, 0.1) is 18.4 Å². The highest BCUT2D eigenvalue weighted by Gasteiger charge is 2.33. The molecule has 0 unspecified atom stereocenters. The summed E-state index contributed by atoms with van der Waals surface area (Å²) in [5, 5.41) is 3.86. The average Bonchev–Trinajstić information content (AvgIpc) is 3.59. The SMILES string of the molecule is Cc1ccc(-n2c(C)cc(C=Nc3sc4c(c3C(=O)NCc3ccco3)CC[C@H](C(C)(C)C)C4)c2C)cc1. The summed E-state index contributed by atoms with van der Waals surface area (Å²) in [6, 6.07) is 14.4. The van der Waals surface area contributed by atoms with Gasteiger partial charge in [0.15, 0.2) is 0 Å². The second-order valence-corrected chi connectivity index (χ2v) is 12.6. The van der Waals surface area contributed by atoms with E-state index in [2.05, 4.69) is 81.8 Å². The van der Waals surface area contributed by atoms with E-state index in [9.17, 15) is 4.79 Å². The summed E-state index contributed by atoms with van der Waals surface area (Å²) in [5.41, 5.74) is 7.87. The standard InChI is InChI=1S/C32H37N3O2S/c1-20-9-12-25(13-10-20)35-21(2)16-23(22(35)3)18-34-31-29(30(36)33-19-26-8-7-15-37-26)27-14-11-24(32(4,5)6)17-28(27)38-31/h7-10,12-13,15-16,18,24H,11,14,17,19H2,1-6H3,(H,33,36)/t24-/m0/s1. The number of hydrogen-bond acceptors (Lipinski definition) is 4. The van der Waals surface area contributed by atoms with Crippen molar-refractivity contribution in [3.05, 3.63) is 93.0 Å². The zero-order valence-electron chi connectivity index (χ0n) is 23.2. The monoisotopic (exact) mass is 527 g/mol. The number of furan rings is 1. The second kappa shape index (κ2) is 10.4. The van der Waals surface area contributed by atoms with Gasteiger partial charge in [-0.25, -0.2) is 4.99 Å². The molecule has 0 saturated carbocycles. The van der Waals surface area contributed by atoms with Gasteiger partial charge in [-0.1, -0.05) is 38.5 Å². The van der Waals surface area contributed by atoms with Crippen LogP contribution in [-0.4, -0.2) is 16.7 Å². The lowest BCUT2D eigenvalue weighted by Crippen LogP contribution is -2.28. The number of aryl methyl sites for hydroxylation is 2. The van der Waals surface area contributed by atoms with E-state index in [0.29, 0.717) is 12.5 Å². The molecule has 198 valence electrons. The fourth-order valence-corrected chi connectivity index (χ4v) is 6.71. The molecule has 4 aromatic rings. The number of benzene rings is 1. The Labute approximate surface area is 229 Å². The van der Waals surface area contributed by atoms with Crippen LogP contribution in [-0.2, 0) is 19.4 Å². The van der Waals surface area contributed by atoms with Crippen LogP contribution in [0.4, 0.5) is 5.00 Å². The molecule has 1 aliphatic carbocycles. The van der Waals surface area contributed by atoms with E-state index in [1.807, 2.05) is 18.3 Å². The van der Waals surface area contributed by atoms with Crippen LogP contribution in [0, 0.1) is 32.1 Å². The number of rotatable bonds is 6. The molecule has 5 rings (SSSR count). The predicted molar refractivity (Wildman–Crippen MR) is 156 cm³/mol. The van der Waals surface area contributed by atoms with Crippen molar-refractivity contribution in [2.45, 2.75) is 67.3 Å². The number of carbonyl (C=O) groups is 1. The molecule has 1 atom stereocenters. The van der Waals surface area contributed by atoms with E-state index in [4.69, 9.17) is 9.41 Å². The number of thiophene rings is 1. The normalized spacial score (nSPS) is 15.7. The van der Waals surface area contributed by atoms with E-state index >= 15 is 0 Å². The summed E-state index contributed by atoms with van der Waals surface area (Å²) in [4.78, 5) is 19.8. The van der Waals surface area contributed by atoms with Crippen molar-refractivity contribution in [2.24, 2.45) is 16.3 Å². The summed E-state index contributed by atoms with van der Waals surface area (Å²) in [7, 11) is 0. The highest BCUT2D eigenvalue weighted by atomic mass is 32.1. The molecule has 5 nitrogen and oxygen atoms in total. The maximum atomic E-state index is 13.5. The summed E-state index contributed by atoms with van der Waals surface area (Å²) in [5.74, 6) is 1.26. The minimum atomic E-state index is -0.0783. The zero-order chi connectivity index (χ0) is 27.0. The van der Waals surface area contributed by atoms with Crippen LogP contribution >= 0.6 is 11.3 Å². The Morgan fingerprint density at radius 1 is 1.18 bits per heavy atom. The number of carbonyl (C=O) groups excluding carboxylic acids is 1. The molecule has 1 aliphatic rings. The summed E-state index contributed by atoms with van der Waals surface area (Å²) < 4.78 is 7.68.